The van der Waals surface area contributed by atoms with Gasteiger partial charge in [-0.1, -0.05) is 88.0 Å². The Labute approximate surface area is 149 Å². The Kier molecular flexibility index (Phi) is 11.5. The molecule has 0 amide bonds. The molecule has 0 heterocycles. The Morgan fingerprint density at radius 1 is 0.826 bits per heavy atom. The highest BCUT2D eigenvalue weighted by Gasteiger charge is 2.31. The van der Waals surface area contributed by atoms with Crippen LogP contribution in [0.5, 0.6) is 0 Å². The highest BCUT2D eigenvalue weighted by atomic mass is 14.4. The zero-order chi connectivity index (χ0) is 18.0. The molecule has 0 aliphatic heterocycles. The Bertz CT molecular complexity index is 280. The molecule has 0 aromatic heterocycles. The Morgan fingerprint density at radius 2 is 1.43 bits per heavy atom. The first-order chi connectivity index (χ1) is 10.7. The second-order valence-electron chi connectivity index (χ2n) is 9.36. The monoisotopic (exact) mass is 324 g/mol. The van der Waals surface area contributed by atoms with E-state index in [-0.39, 0.29) is 0 Å². The summed E-state index contributed by atoms with van der Waals surface area (Å²) < 4.78 is 0. The van der Waals surface area contributed by atoms with Gasteiger partial charge in [0.05, 0.1) is 0 Å². The van der Waals surface area contributed by atoms with Crippen molar-refractivity contribution < 1.29 is 0 Å². The molecule has 0 N–H and O–H groups in total. The van der Waals surface area contributed by atoms with E-state index in [1.54, 1.807) is 0 Å². The Morgan fingerprint density at radius 3 is 1.87 bits per heavy atom. The SMILES string of the molecule is CCCC(CCC(C)C(C)(CC)CC(C)CC(C)C)C(C)CC. The van der Waals surface area contributed by atoms with E-state index in [0.29, 0.717) is 5.41 Å². The molecular weight excluding hydrogens is 276 g/mol. The van der Waals surface area contributed by atoms with Gasteiger partial charge >= 0.3 is 0 Å². The van der Waals surface area contributed by atoms with Crippen molar-refractivity contribution in [3.05, 3.63) is 0 Å². The average molecular weight is 325 g/mol. The van der Waals surface area contributed by atoms with Crippen LogP contribution in [-0.4, -0.2) is 0 Å². The zero-order valence-electron chi connectivity index (χ0n) is 18.0. The minimum atomic E-state index is 0.528. The molecule has 0 heteroatoms. The van der Waals surface area contributed by atoms with E-state index >= 15 is 0 Å². The highest BCUT2D eigenvalue weighted by molar-refractivity contribution is 4.82. The second-order valence-corrected chi connectivity index (χ2v) is 9.36. The van der Waals surface area contributed by atoms with Crippen molar-refractivity contribution in [1.82, 2.24) is 0 Å². The number of hydrogen-bond donors (Lipinski definition) is 0. The Balaban J connectivity index is 4.64. The second kappa shape index (κ2) is 11.5. The summed E-state index contributed by atoms with van der Waals surface area (Å²) in [6.07, 6.45) is 11.1. The van der Waals surface area contributed by atoms with Gasteiger partial charge in [0, 0.05) is 0 Å². The molecule has 23 heavy (non-hydrogen) atoms. The van der Waals surface area contributed by atoms with E-state index in [0.717, 1.165) is 29.6 Å². The first kappa shape index (κ1) is 23.0. The standard InChI is InChI=1S/C23H48/c1-10-13-22(20(7)11-2)15-14-21(8)23(9,12-3)17-19(6)16-18(4)5/h18-22H,10-17H2,1-9H3. The van der Waals surface area contributed by atoms with Crippen LogP contribution in [-0.2, 0) is 0 Å². The van der Waals surface area contributed by atoms with Crippen LogP contribution in [0.4, 0.5) is 0 Å². The molecular formula is C23H48. The predicted octanol–water partition coefficient (Wildman–Crippen LogP) is 8.35. The summed E-state index contributed by atoms with van der Waals surface area (Å²) in [5.74, 6) is 4.39. The molecule has 0 bridgehead atoms. The highest BCUT2D eigenvalue weighted by Crippen LogP contribution is 2.42. The van der Waals surface area contributed by atoms with E-state index in [2.05, 4.69) is 62.3 Å². The van der Waals surface area contributed by atoms with Crippen molar-refractivity contribution in [3.8, 4) is 0 Å². The molecule has 5 atom stereocenters. The maximum atomic E-state index is 2.56. The van der Waals surface area contributed by atoms with E-state index in [1.165, 1.54) is 51.4 Å². The van der Waals surface area contributed by atoms with Gasteiger partial charge in [-0.3, -0.25) is 0 Å². The summed E-state index contributed by atoms with van der Waals surface area (Å²) >= 11 is 0. The van der Waals surface area contributed by atoms with Crippen molar-refractivity contribution in [3.63, 3.8) is 0 Å². The van der Waals surface area contributed by atoms with Crippen LogP contribution < -0.4 is 0 Å². The van der Waals surface area contributed by atoms with Gasteiger partial charge < -0.3 is 0 Å². The molecule has 0 aliphatic rings. The van der Waals surface area contributed by atoms with Crippen molar-refractivity contribution in [2.24, 2.45) is 35.0 Å². The van der Waals surface area contributed by atoms with Gasteiger partial charge in [0.1, 0.15) is 0 Å². The maximum Gasteiger partial charge on any atom is -0.0300 e. The lowest BCUT2D eigenvalue weighted by Crippen LogP contribution is -2.28. The van der Waals surface area contributed by atoms with Gasteiger partial charge in [-0.15, -0.1) is 0 Å². The summed E-state index contributed by atoms with van der Waals surface area (Å²) in [5.41, 5.74) is 0.528. The zero-order valence-corrected chi connectivity index (χ0v) is 18.0. The molecule has 0 saturated carbocycles. The van der Waals surface area contributed by atoms with Gasteiger partial charge in [0.2, 0.25) is 0 Å². The fourth-order valence-corrected chi connectivity index (χ4v) is 4.61. The third-order valence-electron chi connectivity index (χ3n) is 6.76. The lowest BCUT2D eigenvalue weighted by atomic mass is 9.67. The van der Waals surface area contributed by atoms with E-state index in [4.69, 9.17) is 0 Å². The largest absolute Gasteiger partial charge is 0.0654 e. The molecule has 0 aliphatic carbocycles. The first-order valence-corrected chi connectivity index (χ1v) is 10.7. The van der Waals surface area contributed by atoms with Crippen LogP contribution in [0.3, 0.4) is 0 Å². The van der Waals surface area contributed by atoms with Gasteiger partial charge in [0.15, 0.2) is 0 Å². The lowest BCUT2D eigenvalue weighted by molar-refractivity contribution is 0.121. The number of rotatable bonds is 13. The molecule has 0 nitrogen and oxygen atoms in total. The van der Waals surface area contributed by atoms with Crippen LogP contribution in [0.15, 0.2) is 0 Å². The van der Waals surface area contributed by atoms with Gasteiger partial charge in [-0.25, -0.2) is 0 Å². The van der Waals surface area contributed by atoms with E-state index < -0.39 is 0 Å². The first-order valence-electron chi connectivity index (χ1n) is 10.7. The van der Waals surface area contributed by atoms with Crippen LogP contribution >= 0.6 is 0 Å². The van der Waals surface area contributed by atoms with Gasteiger partial charge in [-0.05, 0) is 60.7 Å². The number of hydrogen-bond acceptors (Lipinski definition) is 0. The van der Waals surface area contributed by atoms with Gasteiger partial charge in [-0.2, -0.15) is 0 Å². The van der Waals surface area contributed by atoms with Crippen LogP contribution in [0.25, 0.3) is 0 Å². The minimum Gasteiger partial charge on any atom is -0.0654 e. The summed E-state index contributed by atoms with van der Waals surface area (Å²) in [6, 6.07) is 0. The molecule has 0 aromatic rings. The minimum absolute atomic E-state index is 0.528. The average Bonchev–Trinajstić information content (AvgIpc) is 2.49. The summed E-state index contributed by atoms with van der Waals surface area (Å²) in [5, 5.41) is 0. The fourth-order valence-electron chi connectivity index (χ4n) is 4.61. The molecule has 0 aromatic carbocycles. The third kappa shape index (κ3) is 8.59. The van der Waals surface area contributed by atoms with Crippen LogP contribution in [0.1, 0.15) is 114 Å². The van der Waals surface area contributed by atoms with E-state index in [9.17, 15) is 0 Å². The Hall–Kier alpha value is 0. The fraction of sp³-hybridized carbons (Fsp3) is 1.00. The van der Waals surface area contributed by atoms with Gasteiger partial charge in [0.25, 0.3) is 0 Å². The summed E-state index contributed by atoms with van der Waals surface area (Å²) in [6.45, 7) is 21.9. The van der Waals surface area contributed by atoms with Crippen LogP contribution in [0.2, 0.25) is 0 Å². The predicted molar refractivity (Wildman–Crippen MR) is 108 cm³/mol. The maximum absolute atomic E-state index is 2.56. The molecule has 0 spiro atoms. The topological polar surface area (TPSA) is 0 Å². The molecule has 0 fully saturated rings. The molecule has 0 saturated heterocycles. The summed E-state index contributed by atoms with van der Waals surface area (Å²) in [4.78, 5) is 0. The van der Waals surface area contributed by atoms with E-state index in [1.807, 2.05) is 0 Å². The molecule has 0 radical (unpaired) electrons. The summed E-state index contributed by atoms with van der Waals surface area (Å²) in [7, 11) is 0. The third-order valence-corrected chi connectivity index (χ3v) is 6.76. The molecule has 140 valence electrons. The van der Waals surface area contributed by atoms with Crippen molar-refractivity contribution in [2.75, 3.05) is 0 Å². The normalized spacial score (nSPS) is 20.1. The quantitative estimate of drug-likeness (QED) is 0.319. The molecule has 5 unspecified atom stereocenters. The van der Waals surface area contributed by atoms with Crippen molar-refractivity contribution >= 4 is 0 Å². The van der Waals surface area contributed by atoms with Crippen molar-refractivity contribution in [1.29, 1.82) is 0 Å². The lowest BCUT2D eigenvalue weighted by Gasteiger charge is -2.38. The molecule has 0 rings (SSSR count). The van der Waals surface area contributed by atoms with Crippen LogP contribution in [0, 0.1) is 35.0 Å². The van der Waals surface area contributed by atoms with Crippen molar-refractivity contribution in [2.45, 2.75) is 114 Å². The smallest absolute Gasteiger partial charge is 0.0300 e.